The highest BCUT2D eigenvalue weighted by atomic mass is 16.6. The van der Waals surface area contributed by atoms with Crippen LogP contribution in [0.3, 0.4) is 0 Å². The molecule has 0 spiro atoms. The average Bonchev–Trinajstić information content (AvgIpc) is 3.25. The van der Waals surface area contributed by atoms with Crippen LogP contribution in [0.15, 0.2) is 18.2 Å². The third kappa shape index (κ3) is 2.93. The number of nitro groups is 1. The van der Waals surface area contributed by atoms with Crippen LogP contribution < -0.4 is 10.1 Å². The molecule has 8 nitrogen and oxygen atoms in total. The van der Waals surface area contributed by atoms with Gasteiger partial charge in [0.15, 0.2) is 5.75 Å². The Labute approximate surface area is 119 Å². The molecule has 0 aliphatic heterocycles. The lowest BCUT2D eigenvalue weighted by atomic mass is 10.1. The zero-order chi connectivity index (χ0) is 15.6. The minimum atomic E-state index is -0.927. The van der Waals surface area contributed by atoms with Crippen molar-refractivity contribution in [1.29, 1.82) is 0 Å². The second-order valence-electron chi connectivity index (χ2n) is 4.91. The SMILES string of the molecule is COc1cc(C(=O)NCC2(C(=O)O)CC2)ccc1[N+](=O)[O-]. The number of nitro benzene ring substituents is 1. The Morgan fingerprint density at radius 1 is 1.48 bits per heavy atom. The molecule has 0 unspecified atom stereocenters. The molecule has 2 rings (SSSR count). The van der Waals surface area contributed by atoms with Gasteiger partial charge < -0.3 is 15.2 Å². The van der Waals surface area contributed by atoms with Crippen LogP contribution in [0.5, 0.6) is 5.75 Å². The van der Waals surface area contributed by atoms with E-state index in [9.17, 15) is 19.7 Å². The predicted molar refractivity (Wildman–Crippen MR) is 71.3 cm³/mol. The Morgan fingerprint density at radius 2 is 2.14 bits per heavy atom. The first kappa shape index (κ1) is 14.8. The number of rotatable bonds is 6. The van der Waals surface area contributed by atoms with Gasteiger partial charge >= 0.3 is 11.7 Å². The van der Waals surface area contributed by atoms with Gasteiger partial charge in [-0.1, -0.05) is 0 Å². The molecule has 1 aliphatic rings. The zero-order valence-electron chi connectivity index (χ0n) is 11.3. The molecule has 112 valence electrons. The number of methoxy groups -OCH3 is 1. The van der Waals surface area contributed by atoms with Gasteiger partial charge in [0.1, 0.15) is 0 Å². The van der Waals surface area contributed by atoms with E-state index in [1.165, 1.54) is 25.3 Å². The molecule has 0 aromatic heterocycles. The van der Waals surface area contributed by atoms with E-state index in [2.05, 4.69) is 5.32 Å². The largest absolute Gasteiger partial charge is 0.490 e. The molecule has 1 fully saturated rings. The number of hydrogen-bond donors (Lipinski definition) is 2. The van der Waals surface area contributed by atoms with Gasteiger partial charge in [0.2, 0.25) is 0 Å². The summed E-state index contributed by atoms with van der Waals surface area (Å²) in [5, 5.41) is 22.3. The van der Waals surface area contributed by atoms with Crippen LogP contribution >= 0.6 is 0 Å². The first-order valence-electron chi connectivity index (χ1n) is 6.24. The molecule has 1 aromatic carbocycles. The smallest absolute Gasteiger partial charge is 0.311 e. The van der Waals surface area contributed by atoms with Crippen molar-refractivity contribution in [2.24, 2.45) is 5.41 Å². The number of carboxylic acids is 1. The summed E-state index contributed by atoms with van der Waals surface area (Å²) in [7, 11) is 1.27. The van der Waals surface area contributed by atoms with E-state index in [-0.39, 0.29) is 23.5 Å². The van der Waals surface area contributed by atoms with E-state index in [1.807, 2.05) is 0 Å². The first-order chi connectivity index (χ1) is 9.89. The average molecular weight is 294 g/mol. The van der Waals surface area contributed by atoms with Crippen molar-refractivity contribution in [3.8, 4) is 5.75 Å². The van der Waals surface area contributed by atoms with E-state index >= 15 is 0 Å². The second-order valence-corrected chi connectivity index (χ2v) is 4.91. The molecule has 1 aliphatic carbocycles. The standard InChI is InChI=1S/C13H14N2O6/c1-21-10-6-8(2-3-9(10)15(19)20)11(16)14-7-13(4-5-13)12(17)18/h2-3,6H,4-5,7H2,1H3,(H,14,16)(H,17,18). The van der Waals surface area contributed by atoms with Gasteiger partial charge in [-0.25, -0.2) is 0 Å². The number of nitrogens with zero attached hydrogens (tertiary/aromatic N) is 1. The number of amides is 1. The van der Waals surface area contributed by atoms with Crippen molar-refractivity contribution < 1.29 is 24.4 Å². The van der Waals surface area contributed by atoms with E-state index in [4.69, 9.17) is 9.84 Å². The van der Waals surface area contributed by atoms with Crippen molar-refractivity contribution in [3.05, 3.63) is 33.9 Å². The fraction of sp³-hybridized carbons (Fsp3) is 0.385. The number of aliphatic carboxylic acids is 1. The maximum Gasteiger partial charge on any atom is 0.311 e. The predicted octanol–water partition coefficient (Wildman–Crippen LogP) is 1.20. The van der Waals surface area contributed by atoms with Gasteiger partial charge in [-0.2, -0.15) is 0 Å². The summed E-state index contributed by atoms with van der Waals surface area (Å²) in [6.45, 7) is 0.0421. The lowest BCUT2D eigenvalue weighted by molar-refractivity contribution is -0.385. The highest BCUT2D eigenvalue weighted by Crippen LogP contribution is 2.45. The van der Waals surface area contributed by atoms with Crippen molar-refractivity contribution in [2.75, 3.05) is 13.7 Å². The minimum absolute atomic E-state index is 0.0213. The normalized spacial score (nSPS) is 15.1. The summed E-state index contributed by atoms with van der Waals surface area (Å²) in [6.07, 6.45) is 1.07. The Balaban J connectivity index is 2.09. The summed E-state index contributed by atoms with van der Waals surface area (Å²) in [5.74, 6) is -1.44. The van der Waals surface area contributed by atoms with Crippen LogP contribution in [0.4, 0.5) is 5.69 Å². The van der Waals surface area contributed by atoms with Crippen LogP contribution in [0.2, 0.25) is 0 Å². The van der Waals surface area contributed by atoms with Crippen LogP contribution in [0.1, 0.15) is 23.2 Å². The van der Waals surface area contributed by atoms with Gasteiger partial charge in [-0.15, -0.1) is 0 Å². The van der Waals surface area contributed by atoms with Crippen LogP contribution in [0.25, 0.3) is 0 Å². The lowest BCUT2D eigenvalue weighted by Gasteiger charge is -2.11. The number of nitrogens with one attached hydrogen (secondary N) is 1. The monoisotopic (exact) mass is 294 g/mol. The van der Waals surface area contributed by atoms with Crippen molar-refractivity contribution in [3.63, 3.8) is 0 Å². The quantitative estimate of drug-likeness (QED) is 0.601. The second kappa shape index (κ2) is 5.39. The number of carbonyl (C=O) groups is 2. The van der Waals surface area contributed by atoms with E-state index in [1.54, 1.807) is 0 Å². The number of hydrogen-bond acceptors (Lipinski definition) is 5. The van der Waals surface area contributed by atoms with Crippen LogP contribution in [0, 0.1) is 15.5 Å². The summed E-state index contributed by atoms with van der Waals surface area (Å²) in [6, 6.07) is 3.74. The minimum Gasteiger partial charge on any atom is -0.490 e. The third-order valence-corrected chi connectivity index (χ3v) is 3.53. The number of benzene rings is 1. The fourth-order valence-corrected chi connectivity index (χ4v) is 1.94. The fourth-order valence-electron chi connectivity index (χ4n) is 1.94. The van der Waals surface area contributed by atoms with Crippen molar-refractivity contribution in [2.45, 2.75) is 12.8 Å². The molecule has 21 heavy (non-hydrogen) atoms. The maximum atomic E-state index is 12.0. The molecule has 0 bridgehead atoms. The number of carboxylic acid groups (broad SMARTS) is 1. The molecule has 1 saturated carbocycles. The molecular weight excluding hydrogens is 280 g/mol. The maximum absolute atomic E-state index is 12.0. The van der Waals surface area contributed by atoms with Crippen LogP contribution in [-0.4, -0.2) is 35.6 Å². The highest BCUT2D eigenvalue weighted by molar-refractivity contribution is 5.95. The molecule has 0 heterocycles. The van der Waals surface area contributed by atoms with Crippen LogP contribution in [-0.2, 0) is 4.79 Å². The number of carbonyl (C=O) groups excluding carboxylic acids is 1. The highest BCUT2D eigenvalue weighted by Gasteiger charge is 2.50. The molecular formula is C13H14N2O6. The Bertz CT molecular complexity index is 609. The summed E-state index contributed by atoms with van der Waals surface area (Å²) < 4.78 is 4.88. The Morgan fingerprint density at radius 3 is 2.62 bits per heavy atom. The molecule has 0 radical (unpaired) electrons. The van der Waals surface area contributed by atoms with Gasteiger partial charge in [-0.05, 0) is 18.9 Å². The third-order valence-electron chi connectivity index (χ3n) is 3.53. The van der Waals surface area contributed by atoms with E-state index in [0.717, 1.165) is 0 Å². The van der Waals surface area contributed by atoms with Crippen molar-refractivity contribution in [1.82, 2.24) is 5.32 Å². The van der Waals surface area contributed by atoms with Gasteiger partial charge in [0.25, 0.3) is 5.91 Å². The van der Waals surface area contributed by atoms with Crippen molar-refractivity contribution >= 4 is 17.6 Å². The Hall–Kier alpha value is -2.64. The molecule has 1 amide bonds. The molecule has 0 atom stereocenters. The topological polar surface area (TPSA) is 119 Å². The Kier molecular flexibility index (Phi) is 3.79. The van der Waals surface area contributed by atoms with Gasteiger partial charge in [-0.3, -0.25) is 19.7 Å². The van der Waals surface area contributed by atoms with Gasteiger partial charge in [0.05, 0.1) is 17.4 Å². The molecule has 8 heteroatoms. The first-order valence-corrected chi connectivity index (χ1v) is 6.24. The molecule has 2 N–H and O–H groups in total. The van der Waals surface area contributed by atoms with Gasteiger partial charge in [0, 0.05) is 24.2 Å². The lowest BCUT2D eigenvalue weighted by Crippen LogP contribution is -2.34. The molecule has 0 saturated heterocycles. The number of ether oxygens (including phenoxy) is 1. The summed E-state index contributed by atoms with van der Waals surface area (Å²) in [4.78, 5) is 33.1. The summed E-state index contributed by atoms with van der Waals surface area (Å²) >= 11 is 0. The van der Waals surface area contributed by atoms with E-state index < -0.39 is 22.2 Å². The van der Waals surface area contributed by atoms with E-state index in [0.29, 0.717) is 12.8 Å². The molecule has 1 aromatic rings. The zero-order valence-corrected chi connectivity index (χ0v) is 11.3. The summed E-state index contributed by atoms with van der Waals surface area (Å²) in [5.41, 5.74) is -0.919.